The molecule has 7 heteroatoms. The third-order valence-corrected chi connectivity index (χ3v) is 3.13. The predicted molar refractivity (Wildman–Crippen MR) is 77.2 cm³/mol. The summed E-state index contributed by atoms with van der Waals surface area (Å²) in [5.41, 5.74) is 0.744. The number of benzene rings is 1. The number of carbonyl (C=O) groups is 3. The summed E-state index contributed by atoms with van der Waals surface area (Å²) < 4.78 is 0. The number of nitrogens with one attached hydrogen (secondary N) is 2. The molecule has 0 fully saturated rings. The van der Waals surface area contributed by atoms with Crippen LogP contribution in [-0.4, -0.2) is 27.8 Å². The number of aromatic carboxylic acids is 1. The second kappa shape index (κ2) is 5.80. The number of rotatable bonds is 4. The van der Waals surface area contributed by atoms with Crippen molar-refractivity contribution in [3.8, 4) is 0 Å². The number of H-pyrrole nitrogens is 1. The van der Waals surface area contributed by atoms with Gasteiger partial charge in [-0.3, -0.25) is 9.59 Å². The lowest BCUT2D eigenvalue weighted by Gasteiger charge is -2.07. The van der Waals surface area contributed by atoms with Gasteiger partial charge in [0.1, 0.15) is 5.69 Å². The molecule has 0 radical (unpaired) electrons. The Morgan fingerprint density at radius 1 is 1.19 bits per heavy atom. The van der Waals surface area contributed by atoms with Crippen LogP contribution in [0, 0.1) is 0 Å². The molecule has 0 bridgehead atoms. The van der Waals surface area contributed by atoms with Crippen LogP contribution in [0.25, 0.3) is 0 Å². The number of aromatic nitrogens is 1. The van der Waals surface area contributed by atoms with Gasteiger partial charge >= 0.3 is 5.97 Å². The van der Waals surface area contributed by atoms with Crippen LogP contribution in [0.1, 0.15) is 38.1 Å². The molecule has 108 valence electrons. The van der Waals surface area contributed by atoms with Crippen molar-refractivity contribution in [2.45, 2.75) is 6.92 Å². The Kier molecular flexibility index (Phi) is 4.09. The molecule has 0 aliphatic rings. The minimum atomic E-state index is -1.12. The molecule has 0 aliphatic carbocycles. The Balaban J connectivity index is 2.24. The van der Waals surface area contributed by atoms with E-state index in [0.29, 0.717) is 5.56 Å². The first-order valence-electron chi connectivity index (χ1n) is 5.92. The number of aromatic amines is 1. The molecule has 2 aromatic rings. The quantitative estimate of drug-likeness (QED) is 0.756. The maximum Gasteiger partial charge on any atom is 0.335 e. The Morgan fingerprint density at radius 2 is 1.90 bits per heavy atom. The number of amides is 1. The van der Waals surface area contributed by atoms with Gasteiger partial charge in [0, 0.05) is 11.8 Å². The largest absolute Gasteiger partial charge is 0.478 e. The lowest BCUT2D eigenvalue weighted by atomic mass is 10.2. The number of hydrogen-bond acceptors (Lipinski definition) is 3. The Hall–Kier alpha value is -2.60. The lowest BCUT2D eigenvalue weighted by molar-refractivity contribution is 0.0696. The summed E-state index contributed by atoms with van der Waals surface area (Å²) in [7, 11) is 0. The second-order valence-corrected chi connectivity index (χ2v) is 4.72. The minimum Gasteiger partial charge on any atom is -0.478 e. The summed E-state index contributed by atoms with van der Waals surface area (Å²) in [5, 5.41) is 11.6. The van der Waals surface area contributed by atoms with Crippen LogP contribution in [0.4, 0.5) is 5.69 Å². The number of ketones is 1. The Bertz CT molecular complexity index is 736. The van der Waals surface area contributed by atoms with Gasteiger partial charge < -0.3 is 15.4 Å². The van der Waals surface area contributed by atoms with Gasteiger partial charge in [0.05, 0.1) is 16.3 Å². The van der Waals surface area contributed by atoms with Crippen molar-refractivity contribution in [1.29, 1.82) is 0 Å². The summed E-state index contributed by atoms with van der Waals surface area (Å²) in [6.45, 7) is 1.39. The van der Waals surface area contributed by atoms with Crippen molar-refractivity contribution in [2.75, 3.05) is 5.32 Å². The first kappa shape index (κ1) is 14.8. The van der Waals surface area contributed by atoms with Gasteiger partial charge in [-0.2, -0.15) is 0 Å². The summed E-state index contributed by atoms with van der Waals surface area (Å²) in [4.78, 5) is 36.8. The topological polar surface area (TPSA) is 99.3 Å². The van der Waals surface area contributed by atoms with Crippen molar-refractivity contribution in [1.82, 2.24) is 4.98 Å². The molecule has 21 heavy (non-hydrogen) atoms. The van der Waals surface area contributed by atoms with Crippen LogP contribution >= 0.6 is 11.6 Å². The van der Waals surface area contributed by atoms with E-state index in [2.05, 4.69) is 10.3 Å². The fraction of sp³-hybridized carbons (Fsp3) is 0.0714. The van der Waals surface area contributed by atoms with Gasteiger partial charge in [-0.15, -0.1) is 0 Å². The highest BCUT2D eigenvalue weighted by Crippen LogP contribution is 2.23. The number of Topliss-reactive ketones (excluding diaryl/α,β-unsaturated/α-hetero) is 1. The average Bonchev–Trinajstić information content (AvgIpc) is 2.90. The molecule has 1 aromatic heterocycles. The van der Waals surface area contributed by atoms with Crippen LogP contribution < -0.4 is 5.32 Å². The zero-order valence-corrected chi connectivity index (χ0v) is 11.7. The molecule has 1 aromatic carbocycles. The van der Waals surface area contributed by atoms with Gasteiger partial charge in [-0.25, -0.2) is 4.79 Å². The van der Waals surface area contributed by atoms with E-state index in [4.69, 9.17) is 16.7 Å². The summed E-state index contributed by atoms with van der Waals surface area (Å²) >= 11 is 5.92. The van der Waals surface area contributed by atoms with E-state index in [1.807, 2.05) is 0 Å². The first-order valence-corrected chi connectivity index (χ1v) is 6.30. The second-order valence-electron chi connectivity index (χ2n) is 4.31. The molecular formula is C14H11ClN2O4. The van der Waals surface area contributed by atoms with E-state index in [0.717, 1.165) is 0 Å². The first-order chi connectivity index (χ1) is 9.88. The molecular weight excluding hydrogens is 296 g/mol. The average molecular weight is 307 g/mol. The lowest BCUT2D eigenvalue weighted by Crippen LogP contribution is -2.13. The third-order valence-electron chi connectivity index (χ3n) is 2.80. The van der Waals surface area contributed by atoms with Gasteiger partial charge in [-0.1, -0.05) is 11.6 Å². The molecule has 0 unspecified atom stereocenters. The van der Waals surface area contributed by atoms with Gasteiger partial charge in [0.15, 0.2) is 5.78 Å². The zero-order chi connectivity index (χ0) is 15.6. The molecule has 0 atom stereocenters. The van der Waals surface area contributed by atoms with Crippen molar-refractivity contribution in [3.05, 3.63) is 52.3 Å². The number of carboxylic acids is 1. The van der Waals surface area contributed by atoms with E-state index in [9.17, 15) is 14.4 Å². The molecule has 0 aliphatic heterocycles. The maximum atomic E-state index is 12.0. The fourth-order valence-corrected chi connectivity index (χ4v) is 1.84. The van der Waals surface area contributed by atoms with E-state index in [1.54, 1.807) is 0 Å². The van der Waals surface area contributed by atoms with Gasteiger partial charge in [0.2, 0.25) is 0 Å². The number of carbonyl (C=O) groups excluding carboxylic acids is 2. The maximum absolute atomic E-state index is 12.0. The number of carboxylic acid groups (broad SMARTS) is 1. The van der Waals surface area contributed by atoms with Crippen LogP contribution in [0.3, 0.4) is 0 Å². The molecule has 1 amide bonds. The van der Waals surface area contributed by atoms with Crippen molar-refractivity contribution < 1.29 is 19.5 Å². The third kappa shape index (κ3) is 3.29. The standard InChI is InChI=1S/C14H11ClN2O4/c1-7(18)9-5-12(16-6-9)13(19)17-11-4-8(14(20)21)2-3-10(11)15/h2-6,16H,1H3,(H,17,19)(H,20,21). The van der Waals surface area contributed by atoms with Crippen LogP contribution in [0.5, 0.6) is 0 Å². The minimum absolute atomic E-state index is 0.00520. The monoisotopic (exact) mass is 306 g/mol. The molecule has 1 heterocycles. The fourth-order valence-electron chi connectivity index (χ4n) is 1.67. The highest BCUT2D eigenvalue weighted by Gasteiger charge is 2.14. The molecule has 0 spiro atoms. The highest BCUT2D eigenvalue weighted by molar-refractivity contribution is 6.34. The summed E-state index contributed by atoms with van der Waals surface area (Å²) in [5.74, 6) is -1.82. The highest BCUT2D eigenvalue weighted by atomic mass is 35.5. The molecule has 2 rings (SSSR count). The van der Waals surface area contributed by atoms with E-state index < -0.39 is 11.9 Å². The SMILES string of the molecule is CC(=O)c1c[nH]c(C(=O)Nc2cc(C(=O)O)ccc2Cl)c1. The summed E-state index contributed by atoms with van der Waals surface area (Å²) in [6.07, 6.45) is 1.42. The van der Waals surface area contributed by atoms with E-state index in [-0.39, 0.29) is 27.8 Å². The van der Waals surface area contributed by atoms with Gasteiger partial charge in [0.25, 0.3) is 5.91 Å². The smallest absolute Gasteiger partial charge is 0.335 e. The molecule has 0 saturated heterocycles. The van der Waals surface area contributed by atoms with Crippen LogP contribution in [0.2, 0.25) is 5.02 Å². The summed E-state index contributed by atoms with van der Waals surface area (Å²) in [6, 6.07) is 5.39. The molecule has 0 saturated carbocycles. The van der Waals surface area contributed by atoms with Crippen molar-refractivity contribution in [3.63, 3.8) is 0 Å². The van der Waals surface area contributed by atoms with E-state index in [1.165, 1.54) is 37.4 Å². The number of halogens is 1. The predicted octanol–water partition coefficient (Wildman–Crippen LogP) is 2.82. The van der Waals surface area contributed by atoms with Crippen molar-refractivity contribution in [2.24, 2.45) is 0 Å². The van der Waals surface area contributed by atoms with Crippen LogP contribution in [-0.2, 0) is 0 Å². The Labute approximate surface area is 124 Å². The van der Waals surface area contributed by atoms with Crippen LogP contribution in [0.15, 0.2) is 30.5 Å². The Morgan fingerprint density at radius 3 is 2.48 bits per heavy atom. The normalized spacial score (nSPS) is 10.2. The van der Waals surface area contributed by atoms with E-state index >= 15 is 0 Å². The van der Waals surface area contributed by atoms with Gasteiger partial charge in [-0.05, 0) is 31.2 Å². The number of hydrogen-bond donors (Lipinski definition) is 3. The molecule has 3 N–H and O–H groups in total. The van der Waals surface area contributed by atoms with Crippen molar-refractivity contribution >= 4 is 34.9 Å². The number of anilines is 1. The zero-order valence-electron chi connectivity index (χ0n) is 10.9. The molecule has 6 nitrogen and oxygen atoms in total.